The highest BCUT2D eigenvalue weighted by atomic mass is 32.1. The van der Waals surface area contributed by atoms with E-state index in [-0.39, 0.29) is 5.91 Å². The fraction of sp³-hybridized carbons (Fsp3) is 0.429. The third-order valence-corrected chi connectivity index (χ3v) is 4.68. The number of nitrogens with one attached hydrogen (secondary N) is 2. The van der Waals surface area contributed by atoms with Crippen molar-refractivity contribution in [2.75, 3.05) is 13.1 Å². The molecule has 106 valence electrons. The number of hydrogen-bond donors (Lipinski definition) is 2. The number of amides is 1. The quantitative estimate of drug-likeness (QED) is 0.893. The average Bonchev–Trinajstić information content (AvgIpc) is 3.18. The Labute approximate surface area is 122 Å². The van der Waals surface area contributed by atoms with Gasteiger partial charge in [-0.1, -0.05) is 6.07 Å². The summed E-state index contributed by atoms with van der Waals surface area (Å²) >= 11 is 1.66. The maximum atomic E-state index is 12.7. The number of carbonyl (C=O) groups excluding carboxylic acids is 1. The van der Waals surface area contributed by atoms with Gasteiger partial charge in [0.2, 0.25) is 5.91 Å². The molecule has 20 heavy (non-hydrogen) atoms. The van der Waals surface area contributed by atoms with E-state index in [4.69, 9.17) is 0 Å². The van der Waals surface area contributed by atoms with Gasteiger partial charge in [0.05, 0.1) is 6.54 Å². The molecular weight excluding hydrogens is 272 g/mol. The standard InChI is InChI=1S/C14H18N4OS/c19-13(16-11-12-3-1-10-20-12)14(4-7-15-8-5-14)18-9-2-6-17-18/h1-3,6,9-10,15H,4-5,7-8,11H2,(H,16,19). The predicted molar refractivity (Wildman–Crippen MR) is 78.5 cm³/mol. The highest BCUT2D eigenvalue weighted by molar-refractivity contribution is 7.09. The number of thiophene rings is 1. The molecule has 3 rings (SSSR count). The number of aromatic nitrogens is 2. The van der Waals surface area contributed by atoms with Crippen LogP contribution in [0, 0.1) is 0 Å². The summed E-state index contributed by atoms with van der Waals surface area (Å²) < 4.78 is 1.82. The Morgan fingerprint density at radius 1 is 1.45 bits per heavy atom. The van der Waals surface area contributed by atoms with Crippen LogP contribution in [-0.2, 0) is 16.9 Å². The van der Waals surface area contributed by atoms with Crippen LogP contribution in [0.5, 0.6) is 0 Å². The minimum atomic E-state index is -0.550. The Bertz CT molecular complexity index is 544. The molecule has 0 spiro atoms. The molecule has 2 aromatic rings. The van der Waals surface area contributed by atoms with Crippen LogP contribution in [-0.4, -0.2) is 28.8 Å². The number of carbonyl (C=O) groups is 1. The van der Waals surface area contributed by atoms with Crippen LogP contribution in [0.2, 0.25) is 0 Å². The van der Waals surface area contributed by atoms with E-state index in [1.54, 1.807) is 17.5 Å². The van der Waals surface area contributed by atoms with Crippen LogP contribution in [0.3, 0.4) is 0 Å². The molecule has 1 fully saturated rings. The van der Waals surface area contributed by atoms with Crippen molar-refractivity contribution in [3.63, 3.8) is 0 Å². The van der Waals surface area contributed by atoms with Crippen LogP contribution >= 0.6 is 11.3 Å². The summed E-state index contributed by atoms with van der Waals surface area (Å²) in [5.74, 6) is 0.0658. The highest BCUT2D eigenvalue weighted by Gasteiger charge is 2.41. The molecule has 5 nitrogen and oxygen atoms in total. The third kappa shape index (κ3) is 2.48. The first-order valence-electron chi connectivity index (χ1n) is 6.83. The van der Waals surface area contributed by atoms with E-state index >= 15 is 0 Å². The maximum Gasteiger partial charge on any atom is 0.248 e. The van der Waals surface area contributed by atoms with E-state index in [9.17, 15) is 4.79 Å². The van der Waals surface area contributed by atoms with Crippen molar-refractivity contribution in [2.45, 2.75) is 24.9 Å². The van der Waals surface area contributed by atoms with E-state index in [1.165, 1.54) is 4.88 Å². The van der Waals surface area contributed by atoms with Crippen molar-refractivity contribution in [3.05, 3.63) is 40.8 Å². The minimum absolute atomic E-state index is 0.0658. The molecule has 0 aromatic carbocycles. The summed E-state index contributed by atoms with van der Waals surface area (Å²) in [7, 11) is 0. The van der Waals surface area contributed by atoms with Gasteiger partial charge in [0.15, 0.2) is 0 Å². The lowest BCUT2D eigenvalue weighted by molar-refractivity contribution is -0.132. The Balaban J connectivity index is 1.77. The molecule has 1 amide bonds. The maximum absolute atomic E-state index is 12.7. The molecule has 0 radical (unpaired) electrons. The van der Waals surface area contributed by atoms with Crippen LogP contribution in [0.4, 0.5) is 0 Å². The number of hydrogen-bond acceptors (Lipinski definition) is 4. The molecule has 1 aliphatic rings. The summed E-state index contributed by atoms with van der Waals surface area (Å²) in [6, 6.07) is 5.91. The summed E-state index contributed by atoms with van der Waals surface area (Å²) in [4.78, 5) is 13.9. The Morgan fingerprint density at radius 3 is 2.95 bits per heavy atom. The molecule has 1 saturated heterocycles. The molecule has 0 saturated carbocycles. The van der Waals surface area contributed by atoms with Gasteiger partial charge in [0, 0.05) is 17.3 Å². The zero-order chi connectivity index (χ0) is 13.8. The molecule has 2 aromatic heterocycles. The molecule has 6 heteroatoms. The first kappa shape index (κ1) is 13.3. The molecule has 2 N–H and O–H groups in total. The summed E-state index contributed by atoms with van der Waals surface area (Å²) in [6.07, 6.45) is 5.16. The average molecular weight is 290 g/mol. The number of nitrogens with zero attached hydrogens (tertiary/aromatic N) is 2. The van der Waals surface area contributed by atoms with Crippen molar-refractivity contribution in [3.8, 4) is 0 Å². The minimum Gasteiger partial charge on any atom is -0.349 e. The first-order valence-corrected chi connectivity index (χ1v) is 7.71. The Hall–Kier alpha value is -1.66. The summed E-state index contributed by atoms with van der Waals surface area (Å²) in [5, 5.41) is 12.7. The molecule has 0 bridgehead atoms. The Kier molecular flexibility index (Phi) is 3.84. The van der Waals surface area contributed by atoms with Gasteiger partial charge in [-0.2, -0.15) is 5.10 Å². The van der Waals surface area contributed by atoms with Gasteiger partial charge in [-0.05, 0) is 43.4 Å². The van der Waals surface area contributed by atoms with Gasteiger partial charge in [0.25, 0.3) is 0 Å². The van der Waals surface area contributed by atoms with E-state index in [0.29, 0.717) is 6.54 Å². The van der Waals surface area contributed by atoms with Crippen molar-refractivity contribution in [1.29, 1.82) is 0 Å². The van der Waals surface area contributed by atoms with E-state index < -0.39 is 5.54 Å². The Morgan fingerprint density at radius 2 is 2.30 bits per heavy atom. The molecule has 0 unspecified atom stereocenters. The van der Waals surface area contributed by atoms with Crippen LogP contribution in [0.25, 0.3) is 0 Å². The number of piperidine rings is 1. The fourth-order valence-corrected chi connectivity index (χ4v) is 3.31. The predicted octanol–water partition coefficient (Wildman–Crippen LogP) is 1.34. The van der Waals surface area contributed by atoms with E-state index in [1.807, 2.05) is 34.5 Å². The second-order valence-corrected chi connectivity index (χ2v) is 6.03. The largest absolute Gasteiger partial charge is 0.349 e. The van der Waals surface area contributed by atoms with E-state index in [0.717, 1.165) is 25.9 Å². The number of rotatable bonds is 4. The summed E-state index contributed by atoms with van der Waals surface area (Å²) in [6.45, 7) is 2.27. The second kappa shape index (κ2) is 5.76. The first-order chi connectivity index (χ1) is 9.81. The van der Waals surface area contributed by atoms with Gasteiger partial charge in [-0.15, -0.1) is 11.3 Å². The molecule has 0 aliphatic carbocycles. The molecule has 0 atom stereocenters. The topological polar surface area (TPSA) is 59.0 Å². The summed E-state index contributed by atoms with van der Waals surface area (Å²) in [5.41, 5.74) is -0.550. The van der Waals surface area contributed by atoms with E-state index in [2.05, 4.69) is 15.7 Å². The van der Waals surface area contributed by atoms with Gasteiger partial charge in [-0.25, -0.2) is 0 Å². The van der Waals surface area contributed by atoms with Gasteiger partial charge in [-0.3, -0.25) is 9.48 Å². The zero-order valence-electron chi connectivity index (χ0n) is 11.2. The SMILES string of the molecule is O=C(NCc1cccs1)C1(n2cccn2)CCNCC1. The van der Waals surface area contributed by atoms with Gasteiger partial charge >= 0.3 is 0 Å². The van der Waals surface area contributed by atoms with Crippen LogP contribution < -0.4 is 10.6 Å². The molecule has 1 aliphatic heterocycles. The molecule has 3 heterocycles. The highest BCUT2D eigenvalue weighted by Crippen LogP contribution is 2.27. The smallest absolute Gasteiger partial charge is 0.248 e. The van der Waals surface area contributed by atoms with Crippen LogP contribution in [0.1, 0.15) is 17.7 Å². The fourth-order valence-electron chi connectivity index (χ4n) is 2.67. The second-order valence-electron chi connectivity index (χ2n) is 4.99. The van der Waals surface area contributed by atoms with Crippen LogP contribution in [0.15, 0.2) is 36.0 Å². The van der Waals surface area contributed by atoms with Crippen molar-refractivity contribution >= 4 is 17.2 Å². The van der Waals surface area contributed by atoms with Crippen molar-refractivity contribution in [2.24, 2.45) is 0 Å². The van der Waals surface area contributed by atoms with Crippen molar-refractivity contribution in [1.82, 2.24) is 20.4 Å². The van der Waals surface area contributed by atoms with Crippen molar-refractivity contribution < 1.29 is 4.79 Å². The lowest BCUT2D eigenvalue weighted by atomic mass is 9.87. The van der Waals surface area contributed by atoms with Gasteiger partial charge in [0.1, 0.15) is 5.54 Å². The third-order valence-electron chi connectivity index (χ3n) is 3.80. The normalized spacial score (nSPS) is 17.8. The molecular formula is C14H18N4OS. The monoisotopic (exact) mass is 290 g/mol. The van der Waals surface area contributed by atoms with Gasteiger partial charge < -0.3 is 10.6 Å². The lowest BCUT2D eigenvalue weighted by Crippen LogP contribution is -2.54. The zero-order valence-corrected chi connectivity index (χ0v) is 12.0. The lowest BCUT2D eigenvalue weighted by Gasteiger charge is -2.36.